The highest BCUT2D eigenvalue weighted by Gasteiger charge is 2.24. The van der Waals surface area contributed by atoms with Gasteiger partial charge in [-0.05, 0) is 27.7 Å². The van der Waals surface area contributed by atoms with E-state index in [0.29, 0.717) is 23.7 Å². The number of hydrogen-bond donors (Lipinski definition) is 1. The van der Waals surface area contributed by atoms with Crippen molar-refractivity contribution in [1.82, 2.24) is 20.1 Å². The zero-order chi connectivity index (χ0) is 17.5. The van der Waals surface area contributed by atoms with Gasteiger partial charge in [0.15, 0.2) is 10.7 Å². The molecule has 0 aliphatic rings. The minimum absolute atomic E-state index is 0.0426. The minimum atomic E-state index is -3.79. The first-order chi connectivity index (χ1) is 11.3. The summed E-state index contributed by atoms with van der Waals surface area (Å²) in [5.74, 6) is 0.948. The number of hydrogen-bond acceptors (Lipinski definition) is 7. The quantitative estimate of drug-likeness (QED) is 0.746. The molecule has 3 aromatic rings. The normalized spacial score (nSPS) is 11.8. The first-order valence-corrected chi connectivity index (χ1v) is 8.66. The van der Waals surface area contributed by atoms with Crippen molar-refractivity contribution in [1.29, 1.82) is 0 Å². The molecule has 0 saturated heterocycles. The van der Waals surface area contributed by atoms with Gasteiger partial charge < -0.3 is 9.05 Å². The molecular formula is C14H17N5O4S. The molecule has 3 heterocycles. The summed E-state index contributed by atoms with van der Waals surface area (Å²) < 4.78 is 39.0. The van der Waals surface area contributed by atoms with Crippen LogP contribution in [0.15, 0.2) is 26.3 Å². The number of nitrogens with one attached hydrogen (secondary N) is 1. The largest absolute Gasteiger partial charge is 0.361 e. The lowest BCUT2D eigenvalue weighted by atomic mass is 10.2. The van der Waals surface area contributed by atoms with Crippen LogP contribution in [0.5, 0.6) is 0 Å². The zero-order valence-corrected chi connectivity index (χ0v) is 14.5. The second kappa shape index (κ2) is 5.78. The van der Waals surface area contributed by atoms with Crippen LogP contribution in [0.25, 0.3) is 0 Å². The van der Waals surface area contributed by atoms with Crippen LogP contribution in [-0.2, 0) is 16.6 Å². The first kappa shape index (κ1) is 16.2. The van der Waals surface area contributed by atoms with E-state index in [4.69, 9.17) is 9.05 Å². The predicted molar refractivity (Wildman–Crippen MR) is 84.1 cm³/mol. The number of nitrogens with zero attached hydrogens (tertiary/aromatic N) is 4. The third-order valence-electron chi connectivity index (χ3n) is 3.62. The fourth-order valence-electron chi connectivity index (χ4n) is 2.46. The van der Waals surface area contributed by atoms with Crippen molar-refractivity contribution in [3.05, 3.63) is 40.9 Å². The van der Waals surface area contributed by atoms with Crippen molar-refractivity contribution in [2.24, 2.45) is 0 Å². The second-order valence-electron chi connectivity index (χ2n) is 5.49. The van der Waals surface area contributed by atoms with Gasteiger partial charge in [-0.25, -0.2) is 8.42 Å². The Morgan fingerprint density at radius 1 is 1.08 bits per heavy atom. The Balaban J connectivity index is 1.82. The standard InChI is InChI=1S/C14H17N5O4S/c1-8-13(10(3)22-16-8)7-19-6-12(5-15-19)18-24(20,21)14-9(2)17-23-11(14)4/h5-6,18H,7H2,1-4H3. The molecule has 0 atom stereocenters. The van der Waals surface area contributed by atoms with Crippen LogP contribution in [-0.4, -0.2) is 28.5 Å². The molecule has 0 unspecified atom stereocenters. The summed E-state index contributed by atoms with van der Waals surface area (Å²) >= 11 is 0. The number of aryl methyl sites for hydroxylation is 4. The predicted octanol–water partition coefficient (Wildman–Crippen LogP) is 1.94. The summed E-state index contributed by atoms with van der Waals surface area (Å²) in [6.07, 6.45) is 3.04. The minimum Gasteiger partial charge on any atom is -0.361 e. The van der Waals surface area contributed by atoms with Crippen LogP contribution in [0.3, 0.4) is 0 Å². The van der Waals surface area contributed by atoms with Crippen LogP contribution in [0.4, 0.5) is 5.69 Å². The van der Waals surface area contributed by atoms with Gasteiger partial charge in [0.1, 0.15) is 11.5 Å². The van der Waals surface area contributed by atoms with Crippen molar-refractivity contribution in [2.75, 3.05) is 4.72 Å². The number of sulfonamides is 1. The molecule has 0 spiro atoms. The van der Waals surface area contributed by atoms with E-state index in [1.54, 1.807) is 24.7 Å². The number of aromatic nitrogens is 4. The summed E-state index contributed by atoms with van der Waals surface area (Å²) in [6.45, 7) is 7.23. The lowest BCUT2D eigenvalue weighted by molar-refractivity contribution is 0.390. The van der Waals surface area contributed by atoms with Gasteiger partial charge in [-0.1, -0.05) is 10.3 Å². The van der Waals surface area contributed by atoms with Crippen molar-refractivity contribution < 1.29 is 17.5 Å². The smallest absolute Gasteiger partial charge is 0.267 e. The van der Waals surface area contributed by atoms with E-state index in [1.165, 1.54) is 6.20 Å². The summed E-state index contributed by atoms with van der Waals surface area (Å²) in [7, 11) is -3.79. The summed E-state index contributed by atoms with van der Waals surface area (Å²) in [5.41, 5.74) is 2.35. The van der Waals surface area contributed by atoms with Gasteiger partial charge in [-0.15, -0.1) is 0 Å². The van der Waals surface area contributed by atoms with Gasteiger partial charge in [-0.3, -0.25) is 9.40 Å². The Bertz CT molecular complexity index is 944. The van der Waals surface area contributed by atoms with E-state index < -0.39 is 10.0 Å². The van der Waals surface area contributed by atoms with Crippen LogP contribution < -0.4 is 4.72 Å². The lowest BCUT2D eigenvalue weighted by Gasteiger charge is -2.04. The lowest BCUT2D eigenvalue weighted by Crippen LogP contribution is -2.14. The van der Waals surface area contributed by atoms with E-state index in [-0.39, 0.29) is 10.7 Å². The Hall–Kier alpha value is -2.62. The van der Waals surface area contributed by atoms with Crippen molar-refractivity contribution >= 4 is 15.7 Å². The molecule has 128 valence electrons. The third-order valence-corrected chi connectivity index (χ3v) is 5.25. The van der Waals surface area contributed by atoms with Crippen LogP contribution in [0, 0.1) is 27.7 Å². The molecule has 0 saturated carbocycles. The summed E-state index contributed by atoms with van der Waals surface area (Å²) in [5, 5.41) is 11.7. The average Bonchev–Trinajstić information content (AvgIpc) is 3.15. The van der Waals surface area contributed by atoms with Gasteiger partial charge in [0, 0.05) is 11.8 Å². The van der Waals surface area contributed by atoms with Crippen LogP contribution >= 0.6 is 0 Å². The fraction of sp³-hybridized carbons (Fsp3) is 0.357. The molecule has 0 amide bonds. The van der Waals surface area contributed by atoms with Crippen molar-refractivity contribution in [3.8, 4) is 0 Å². The van der Waals surface area contributed by atoms with E-state index in [9.17, 15) is 8.42 Å². The van der Waals surface area contributed by atoms with E-state index in [2.05, 4.69) is 20.1 Å². The van der Waals surface area contributed by atoms with Crippen molar-refractivity contribution in [2.45, 2.75) is 39.1 Å². The molecule has 3 rings (SSSR count). The Labute approximate surface area is 138 Å². The SMILES string of the molecule is Cc1noc(C)c1Cn1cc(NS(=O)(=O)c2c(C)noc2C)cn1. The summed E-state index contributed by atoms with van der Waals surface area (Å²) in [6, 6.07) is 0. The average molecular weight is 351 g/mol. The van der Waals surface area contributed by atoms with Gasteiger partial charge >= 0.3 is 0 Å². The first-order valence-electron chi connectivity index (χ1n) is 7.18. The Morgan fingerprint density at radius 2 is 1.75 bits per heavy atom. The molecule has 24 heavy (non-hydrogen) atoms. The zero-order valence-electron chi connectivity index (χ0n) is 13.7. The highest BCUT2D eigenvalue weighted by atomic mass is 32.2. The molecule has 0 aliphatic carbocycles. The molecule has 0 bridgehead atoms. The van der Waals surface area contributed by atoms with E-state index in [1.807, 2.05) is 13.8 Å². The molecule has 3 aromatic heterocycles. The molecule has 9 nitrogen and oxygen atoms in total. The summed E-state index contributed by atoms with van der Waals surface area (Å²) in [4.78, 5) is 0.0426. The maximum Gasteiger partial charge on any atom is 0.267 e. The Morgan fingerprint density at radius 3 is 2.33 bits per heavy atom. The molecule has 1 N–H and O–H groups in total. The maximum atomic E-state index is 12.5. The molecule has 0 fully saturated rings. The van der Waals surface area contributed by atoms with Gasteiger partial charge in [0.2, 0.25) is 0 Å². The molecule has 0 aromatic carbocycles. The van der Waals surface area contributed by atoms with Gasteiger partial charge in [0.25, 0.3) is 10.0 Å². The van der Waals surface area contributed by atoms with Gasteiger partial charge in [-0.2, -0.15) is 5.10 Å². The molecular weight excluding hydrogens is 334 g/mol. The fourth-order valence-corrected chi connectivity index (χ4v) is 3.82. The number of anilines is 1. The molecule has 0 radical (unpaired) electrons. The maximum absolute atomic E-state index is 12.5. The highest BCUT2D eigenvalue weighted by Crippen LogP contribution is 2.22. The van der Waals surface area contributed by atoms with E-state index in [0.717, 1.165) is 11.3 Å². The van der Waals surface area contributed by atoms with Crippen molar-refractivity contribution in [3.63, 3.8) is 0 Å². The molecule has 10 heteroatoms. The molecule has 0 aliphatic heterocycles. The third kappa shape index (κ3) is 2.92. The Kier molecular flexibility index (Phi) is 3.91. The van der Waals surface area contributed by atoms with Crippen LogP contribution in [0.2, 0.25) is 0 Å². The highest BCUT2D eigenvalue weighted by molar-refractivity contribution is 7.92. The van der Waals surface area contributed by atoms with E-state index >= 15 is 0 Å². The second-order valence-corrected chi connectivity index (χ2v) is 7.11. The number of rotatable bonds is 5. The topological polar surface area (TPSA) is 116 Å². The van der Waals surface area contributed by atoms with Crippen LogP contribution in [0.1, 0.15) is 28.5 Å². The monoisotopic (exact) mass is 351 g/mol. The van der Waals surface area contributed by atoms with Gasteiger partial charge in [0.05, 0.1) is 24.1 Å².